The van der Waals surface area contributed by atoms with Crippen molar-refractivity contribution in [3.8, 4) is 0 Å². The Morgan fingerprint density at radius 3 is 2.95 bits per heavy atom. The largest absolute Gasteiger partial charge is 0.423 e. The number of benzene rings is 1. The van der Waals surface area contributed by atoms with Gasteiger partial charge >= 0.3 is 6.03 Å². The highest BCUT2D eigenvalue weighted by Crippen LogP contribution is 2.23. The lowest BCUT2D eigenvalue weighted by Gasteiger charge is -2.05. The van der Waals surface area contributed by atoms with E-state index in [2.05, 4.69) is 15.6 Å². The SMILES string of the molecule is CN(C)c1nc2cc(NC(=O)NCCO)ccc2o1. The van der Waals surface area contributed by atoms with Crippen molar-refractivity contribution < 1.29 is 14.3 Å². The molecule has 0 fully saturated rings. The maximum Gasteiger partial charge on any atom is 0.319 e. The van der Waals surface area contributed by atoms with Gasteiger partial charge in [0.05, 0.1) is 6.61 Å². The Morgan fingerprint density at radius 2 is 2.26 bits per heavy atom. The van der Waals surface area contributed by atoms with Gasteiger partial charge in [0, 0.05) is 26.3 Å². The second-order valence-electron chi connectivity index (χ2n) is 4.18. The first-order valence-electron chi connectivity index (χ1n) is 5.84. The molecule has 0 spiro atoms. The van der Waals surface area contributed by atoms with E-state index in [1.54, 1.807) is 23.1 Å². The van der Waals surface area contributed by atoms with Gasteiger partial charge in [0.25, 0.3) is 6.01 Å². The molecule has 7 heteroatoms. The lowest BCUT2D eigenvalue weighted by atomic mass is 10.3. The summed E-state index contributed by atoms with van der Waals surface area (Å²) in [7, 11) is 3.68. The summed E-state index contributed by atoms with van der Waals surface area (Å²) in [5, 5.41) is 13.8. The number of fused-ring (bicyclic) bond motifs is 1. The summed E-state index contributed by atoms with van der Waals surface area (Å²) in [5.74, 6) is 0. The van der Waals surface area contributed by atoms with Gasteiger partial charge in [-0.1, -0.05) is 0 Å². The number of anilines is 2. The number of carbonyl (C=O) groups excluding carboxylic acids is 1. The van der Waals surface area contributed by atoms with Gasteiger partial charge < -0.3 is 25.1 Å². The third kappa shape index (κ3) is 3.14. The van der Waals surface area contributed by atoms with E-state index in [1.807, 2.05) is 14.1 Å². The molecule has 0 bridgehead atoms. The number of aromatic nitrogens is 1. The molecule has 2 aromatic rings. The van der Waals surface area contributed by atoms with Crippen molar-refractivity contribution in [2.45, 2.75) is 0 Å². The Kier molecular flexibility index (Phi) is 3.86. The van der Waals surface area contributed by atoms with Crippen LogP contribution < -0.4 is 15.5 Å². The van der Waals surface area contributed by atoms with E-state index in [1.165, 1.54) is 0 Å². The number of rotatable bonds is 4. The number of urea groups is 1. The fourth-order valence-electron chi connectivity index (χ4n) is 1.53. The lowest BCUT2D eigenvalue weighted by Crippen LogP contribution is -2.30. The van der Waals surface area contributed by atoms with E-state index < -0.39 is 0 Å². The fraction of sp³-hybridized carbons (Fsp3) is 0.333. The Morgan fingerprint density at radius 1 is 1.47 bits per heavy atom. The number of amides is 2. The molecule has 0 unspecified atom stereocenters. The number of oxazole rings is 1. The van der Waals surface area contributed by atoms with Crippen molar-refractivity contribution in [3.63, 3.8) is 0 Å². The topological polar surface area (TPSA) is 90.6 Å². The molecule has 0 atom stereocenters. The average molecular weight is 264 g/mol. The third-order valence-electron chi connectivity index (χ3n) is 2.41. The molecule has 19 heavy (non-hydrogen) atoms. The molecule has 0 aliphatic heterocycles. The molecule has 0 saturated carbocycles. The summed E-state index contributed by atoms with van der Waals surface area (Å²) in [5.41, 5.74) is 1.94. The first kappa shape index (κ1) is 13.2. The number of aliphatic hydroxyl groups excluding tert-OH is 1. The van der Waals surface area contributed by atoms with Crippen LogP contribution in [0.15, 0.2) is 22.6 Å². The van der Waals surface area contributed by atoms with Crippen molar-refractivity contribution in [2.24, 2.45) is 0 Å². The van der Waals surface area contributed by atoms with Crippen LogP contribution in [-0.2, 0) is 0 Å². The quantitative estimate of drug-likeness (QED) is 0.766. The first-order valence-corrected chi connectivity index (χ1v) is 5.84. The zero-order valence-electron chi connectivity index (χ0n) is 10.8. The molecule has 0 saturated heterocycles. The fourth-order valence-corrected chi connectivity index (χ4v) is 1.53. The minimum absolute atomic E-state index is 0.0953. The second-order valence-corrected chi connectivity index (χ2v) is 4.18. The smallest absolute Gasteiger partial charge is 0.319 e. The van der Waals surface area contributed by atoms with Crippen LogP contribution >= 0.6 is 0 Å². The molecule has 1 aromatic heterocycles. The molecular weight excluding hydrogens is 248 g/mol. The van der Waals surface area contributed by atoms with Crippen molar-refractivity contribution in [3.05, 3.63) is 18.2 Å². The first-order chi connectivity index (χ1) is 9.10. The van der Waals surface area contributed by atoms with Crippen molar-refractivity contribution in [1.82, 2.24) is 10.3 Å². The van der Waals surface area contributed by atoms with Gasteiger partial charge in [-0.2, -0.15) is 4.98 Å². The van der Waals surface area contributed by atoms with Crippen molar-refractivity contribution in [2.75, 3.05) is 37.5 Å². The Hall–Kier alpha value is -2.28. The van der Waals surface area contributed by atoms with E-state index in [0.29, 0.717) is 22.8 Å². The molecule has 1 aromatic carbocycles. The van der Waals surface area contributed by atoms with Crippen LogP contribution in [0.25, 0.3) is 11.1 Å². The maximum absolute atomic E-state index is 11.4. The van der Waals surface area contributed by atoms with Gasteiger partial charge in [-0.15, -0.1) is 0 Å². The van der Waals surface area contributed by atoms with Gasteiger partial charge in [0.1, 0.15) is 5.52 Å². The van der Waals surface area contributed by atoms with Crippen molar-refractivity contribution >= 4 is 28.8 Å². The summed E-state index contributed by atoms with van der Waals surface area (Å²) in [6.45, 7) is 0.116. The average Bonchev–Trinajstić information content (AvgIpc) is 2.79. The molecule has 1 heterocycles. The lowest BCUT2D eigenvalue weighted by molar-refractivity contribution is 0.245. The number of nitrogens with one attached hydrogen (secondary N) is 2. The van der Waals surface area contributed by atoms with Crippen LogP contribution in [0.5, 0.6) is 0 Å². The van der Waals surface area contributed by atoms with Gasteiger partial charge in [-0.3, -0.25) is 0 Å². The molecular formula is C12H16N4O3. The van der Waals surface area contributed by atoms with Crippen LogP contribution in [-0.4, -0.2) is 43.4 Å². The molecule has 102 valence electrons. The maximum atomic E-state index is 11.4. The van der Waals surface area contributed by atoms with E-state index in [0.717, 1.165) is 0 Å². The molecule has 0 aliphatic rings. The monoisotopic (exact) mass is 264 g/mol. The van der Waals surface area contributed by atoms with Gasteiger partial charge in [0.15, 0.2) is 5.58 Å². The minimum Gasteiger partial charge on any atom is -0.423 e. The molecule has 2 rings (SSSR count). The zero-order valence-corrected chi connectivity index (χ0v) is 10.8. The predicted molar refractivity (Wildman–Crippen MR) is 72.4 cm³/mol. The Labute approximate surface area is 110 Å². The highest BCUT2D eigenvalue weighted by atomic mass is 16.4. The number of aliphatic hydroxyl groups is 1. The zero-order chi connectivity index (χ0) is 13.8. The summed E-state index contributed by atoms with van der Waals surface area (Å²) in [4.78, 5) is 17.5. The summed E-state index contributed by atoms with van der Waals surface area (Å²) >= 11 is 0. The summed E-state index contributed by atoms with van der Waals surface area (Å²) in [6.07, 6.45) is 0. The Bertz CT molecular complexity index is 579. The molecule has 0 aliphatic carbocycles. The van der Waals surface area contributed by atoms with Gasteiger partial charge in [-0.25, -0.2) is 4.79 Å². The number of carbonyl (C=O) groups is 1. The number of hydrogen-bond donors (Lipinski definition) is 3. The molecule has 2 amide bonds. The van der Waals surface area contributed by atoms with E-state index in [9.17, 15) is 4.79 Å². The highest BCUT2D eigenvalue weighted by molar-refractivity contribution is 5.91. The van der Waals surface area contributed by atoms with Gasteiger partial charge in [0.2, 0.25) is 0 Å². The van der Waals surface area contributed by atoms with Crippen LogP contribution in [0.2, 0.25) is 0 Å². The normalized spacial score (nSPS) is 10.5. The van der Waals surface area contributed by atoms with Crippen LogP contribution in [0.3, 0.4) is 0 Å². The van der Waals surface area contributed by atoms with E-state index in [-0.39, 0.29) is 19.2 Å². The minimum atomic E-state index is -0.371. The van der Waals surface area contributed by atoms with Gasteiger partial charge in [-0.05, 0) is 18.2 Å². The summed E-state index contributed by atoms with van der Waals surface area (Å²) in [6, 6.07) is 5.34. The highest BCUT2D eigenvalue weighted by Gasteiger charge is 2.08. The standard InChI is InChI=1S/C12H16N4O3/c1-16(2)12-15-9-7-8(3-4-10(9)19-12)14-11(18)13-5-6-17/h3-4,7,17H,5-6H2,1-2H3,(H2,13,14,18). The van der Waals surface area contributed by atoms with Crippen molar-refractivity contribution in [1.29, 1.82) is 0 Å². The summed E-state index contributed by atoms with van der Waals surface area (Å²) < 4.78 is 5.51. The molecule has 7 nitrogen and oxygen atoms in total. The second kappa shape index (κ2) is 5.57. The van der Waals surface area contributed by atoms with Crippen LogP contribution in [0.4, 0.5) is 16.5 Å². The molecule has 0 radical (unpaired) electrons. The predicted octanol–water partition coefficient (Wildman–Crippen LogP) is 1.01. The van der Waals surface area contributed by atoms with Crippen LogP contribution in [0.1, 0.15) is 0 Å². The van der Waals surface area contributed by atoms with Crippen LogP contribution in [0, 0.1) is 0 Å². The Balaban J connectivity index is 2.14. The third-order valence-corrected chi connectivity index (χ3v) is 2.41. The van der Waals surface area contributed by atoms with E-state index >= 15 is 0 Å². The molecule has 3 N–H and O–H groups in total. The number of hydrogen-bond acceptors (Lipinski definition) is 5. The van der Waals surface area contributed by atoms with E-state index in [4.69, 9.17) is 9.52 Å². The number of nitrogens with zero attached hydrogens (tertiary/aromatic N) is 2.